The Morgan fingerprint density at radius 1 is 0.750 bits per heavy atom. The summed E-state index contributed by atoms with van der Waals surface area (Å²) in [5, 5.41) is 19.0. The van der Waals surface area contributed by atoms with Gasteiger partial charge in [0.25, 0.3) is 0 Å². The van der Waals surface area contributed by atoms with Crippen LogP contribution in [-0.2, 0) is 36.8 Å². The quantitative estimate of drug-likeness (QED) is 0.0853. The maximum atomic E-state index is 13.4. The molecule has 0 saturated heterocycles. The molecule has 232 valence electrons. The number of primary amides is 1. The van der Waals surface area contributed by atoms with E-state index in [1.165, 1.54) is 0 Å². The average molecular weight is 622 g/mol. The molecule has 4 amide bonds. The number of benzene rings is 2. The summed E-state index contributed by atoms with van der Waals surface area (Å²) < 4.78 is 0. The lowest BCUT2D eigenvalue weighted by Crippen LogP contribution is -2.58. The van der Waals surface area contributed by atoms with Gasteiger partial charge in [-0.1, -0.05) is 36.4 Å². The van der Waals surface area contributed by atoms with Gasteiger partial charge in [0.2, 0.25) is 23.6 Å². The van der Waals surface area contributed by atoms with Crippen molar-refractivity contribution in [2.45, 2.75) is 49.9 Å². The van der Waals surface area contributed by atoms with Crippen LogP contribution in [0.1, 0.15) is 24.0 Å². The van der Waals surface area contributed by atoms with E-state index in [0.717, 1.165) is 27.4 Å². The van der Waals surface area contributed by atoms with Crippen LogP contribution in [0, 0.1) is 0 Å². The number of carboxylic acids is 1. The van der Waals surface area contributed by atoms with Crippen molar-refractivity contribution in [3.63, 3.8) is 0 Å². The number of para-hydroxylation sites is 2. The molecule has 4 atom stereocenters. The lowest BCUT2D eigenvalue weighted by atomic mass is 10.0. The first-order valence-electron chi connectivity index (χ1n) is 14.0. The summed E-state index contributed by atoms with van der Waals surface area (Å²) in [6, 6.07) is 10.2. The number of rotatable bonds is 15. The number of carboxylic acid groups (broad SMARTS) is 1. The summed E-state index contributed by atoms with van der Waals surface area (Å²) in [6.07, 6.45) is 3.20. The smallest absolute Gasteiger partial charge is 0.326 e. The molecule has 4 rings (SSSR count). The van der Waals surface area contributed by atoms with Gasteiger partial charge in [-0.05, 0) is 36.1 Å². The second-order valence-corrected chi connectivity index (χ2v) is 10.8. The molecule has 4 aromatic rings. The third-order valence-electron chi connectivity index (χ3n) is 7.29. The molecule has 44 heavy (non-hydrogen) atoms. The zero-order valence-electron chi connectivity index (χ0n) is 23.7. The van der Waals surface area contributed by atoms with Crippen molar-refractivity contribution in [2.75, 3.05) is 5.75 Å². The number of carbonyl (C=O) groups is 5. The molecule has 0 radical (unpaired) electrons. The van der Waals surface area contributed by atoms with Gasteiger partial charge in [-0.2, -0.15) is 12.6 Å². The van der Waals surface area contributed by atoms with Crippen molar-refractivity contribution in [3.05, 3.63) is 72.1 Å². The van der Waals surface area contributed by atoms with E-state index in [-0.39, 0.29) is 31.4 Å². The van der Waals surface area contributed by atoms with E-state index in [0.29, 0.717) is 5.56 Å². The Morgan fingerprint density at radius 3 is 1.80 bits per heavy atom. The van der Waals surface area contributed by atoms with Crippen molar-refractivity contribution in [1.29, 1.82) is 0 Å². The second-order valence-electron chi connectivity index (χ2n) is 10.4. The highest BCUT2D eigenvalue weighted by Crippen LogP contribution is 2.20. The van der Waals surface area contributed by atoms with E-state index in [9.17, 15) is 29.1 Å². The fraction of sp³-hybridized carbons (Fsp3) is 0.300. The molecule has 0 aliphatic carbocycles. The second kappa shape index (κ2) is 14.6. The molecule has 10 N–H and O–H groups in total. The first kappa shape index (κ1) is 32.1. The van der Waals surface area contributed by atoms with Crippen molar-refractivity contribution in [1.82, 2.24) is 25.9 Å². The lowest BCUT2D eigenvalue weighted by Gasteiger charge is -2.24. The van der Waals surface area contributed by atoms with Gasteiger partial charge in [0.05, 0.1) is 6.04 Å². The number of H-pyrrole nitrogens is 2. The molecule has 4 unspecified atom stereocenters. The molecular weight excluding hydrogens is 586 g/mol. The number of hydrogen-bond acceptors (Lipinski definition) is 7. The minimum absolute atomic E-state index is 0.00292. The molecule has 0 spiro atoms. The molecule has 14 heteroatoms. The predicted octanol–water partition coefficient (Wildman–Crippen LogP) is 0.496. The lowest BCUT2D eigenvalue weighted by molar-refractivity contribution is -0.142. The molecule has 0 aliphatic heterocycles. The standard InChI is InChI=1S/C30H35N7O6S/c31-20(11-16-13-33-21-7-3-1-5-18(16)21)27(39)37-25(15-44)29(41)36-24(12-17-14-34-22-8-4-2-6-19(17)22)28(40)35-23(30(42)43)9-10-26(32)38/h1-8,13-14,20,23-25,33-34,44H,9-12,15,31H2,(H2,32,38)(H,35,40)(H,36,41)(H,37,39)(H,42,43). The Balaban J connectivity index is 1.48. The van der Waals surface area contributed by atoms with Crippen LogP contribution in [0.3, 0.4) is 0 Å². The zero-order valence-corrected chi connectivity index (χ0v) is 24.6. The number of nitrogens with two attached hydrogens (primary N) is 2. The van der Waals surface area contributed by atoms with Crippen molar-refractivity contribution in [3.8, 4) is 0 Å². The van der Waals surface area contributed by atoms with Crippen LogP contribution in [0.2, 0.25) is 0 Å². The van der Waals surface area contributed by atoms with Crippen LogP contribution < -0.4 is 27.4 Å². The minimum atomic E-state index is -1.42. The third-order valence-corrected chi connectivity index (χ3v) is 7.66. The number of fused-ring (bicyclic) bond motifs is 2. The van der Waals surface area contributed by atoms with E-state index >= 15 is 0 Å². The highest BCUT2D eigenvalue weighted by atomic mass is 32.1. The number of carbonyl (C=O) groups excluding carboxylic acids is 4. The Hall–Kier alpha value is -4.82. The van der Waals surface area contributed by atoms with Crippen molar-refractivity contribution < 1.29 is 29.1 Å². The monoisotopic (exact) mass is 621 g/mol. The molecule has 2 aromatic carbocycles. The van der Waals surface area contributed by atoms with Gasteiger partial charge in [0, 0.05) is 52.8 Å². The molecule has 2 heterocycles. The van der Waals surface area contributed by atoms with E-state index in [4.69, 9.17) is 11.5 Å². The maximum absolute atomic E-state index is 13.4. The summed E-state index contributed by atoms with van der Waals surface area (Å²) in [4.78, 5) is 69.0. The SMILES string of the molecule is NC(=O)CCC(NC(=O)C(Cc1c[nH]c2ccccc12)NC(=O)C(CS)NC(=O)C(N)Cc1c[nH]c2ccccc12)C(=O)O. The van der Waals surface area contributed by atoms with Crippen LogP contribution in [0.5, 0.6) is 0 Å². The van der Waals surface area contributed by atoms with E-state index in [1.807, 2.05) is 48.5 Å². The number of aliphatic carboxylic acids is 1. The van der Waals surface area contributed by atoms with Crippen LogP contribution in [0.25, 0.3) is 21.8 Å². The van der Waals surface area contributed by atoms with Crippen LogP contribution in [0.15, 0.2) is 60.9 Å². The number of nitrogens with one attached hydrogen (secondary N) is 5. The summed E-state index contributed by atoms with van der Waals surface area (Å²) in [6.45, 7) is 0. The average Bonchev–Trinajstić information content (AvgIpc) is 3.61. The Kier molecular flexibility index (Phi) is 10.6. The Morgan fingerprint density at radius 2 is 1.25 bits per heavy atom. The maximum Gasteiger partial charge on any atom is 0.326 e. The van der Waals surface area contributed by atoms with Gasteiger partial charge >= 0.3 is 5.97 Å². The Labute approximate surface area is 257 Å². The molecule has 2 aromatic heterocycles. The van der Waals surface area contributed by atoms with Crippen molar-refractivity contribution >= 4 is 64.0 Å². The van der Waals surface area contributed by atoms with Gasteiger partial charge in [-0.15, -0.1) is 0 Å². The molecule has 13 nitrogen and oxygen atoms in total. The van der Waals surface area contributed by atoms with Crippen molar-refractivity contribution in [2.24, 2.45) is 11.5 Å². The number of aromatic amines is 2. The van der Waals surface area contributed by atoms with Gasteiger partial charge in [0.1, 0.15) is 18.1 Å². The fourth-order valence-electron chi connectivity index (χ4n) is 4.92. The molecule has 0 fully saturated rings. The highest BCUT2D eigenvalue weighted by molar-refractivity contribution is 7.80. The van der Waals surface area contributed by atoms with Crippen LogP contribution >= 0.6 is 12.6 Å². The predicted molar refractivity (Wildman–Crippen MR) is 168 cm³/mol. The van der Waals surface area contributed by atoms with Gasteiger partial charge in [-0.25, -0.2) is 4.79 Å². The van der Waals surface area contributed by atoms with Crippen LogP contribution in [-0.4, -0.2) is 74.6 Å². The van der Waals surface area contributed by atoms with E-state index in [1.54, 1.807) is 12.4 Å². The molecule has 0 saturated carbocycles. The Bertz CT molecular complexity index is 1670. The first-order chi connectivity index (χ1) is 21.1. The van der Waals surface area contributed by atoms with Gasteiger partial charge in [0.15, 0.2) is 0 Å². The number of hydrogen-bond donors (Lipinski definition) is 9. The summed E-state index contributed by atoms with van der Waals surface area (Å²) in [5.74, 6) is -4.27. The summed E-state index contributed by atoms with van der Waals surface area (Å²) in [7, 11) is 0. The van der Waals surface area contributed by atoms with Gasteiger partial charge < -0.3 is 42.5 Å². The molecule has 0 bridgehead atoms. The number of aromatic nitrogens is 2. The first-order valence-corrected chi connectivity index (χ1v) is 14.6. The van der Waals surface area contributed by atoms with Crippen LogP contribution in [0.4, 0.5) is 0 Å². The number of thiol groups is 1. The van der Waals surface area contributed by atoms with E-state index in [2.05, 4.69) is 38.5 Å². The highest BCUT2D eigenvalue weighted by Gasteiger charge is 2.31. The third kappa shape index (κ3) is 7.96. The van der Waals surface area contributed by atoms with Gasteiger partial charge in [-0.3, -0.25) is 19.2 Å². The molecule has 0 aliphatic rings. The largest absolute Gasteiger partial charge is 0.480 e. The summed E-state index contributed by atoms with van der Waals surface area (Å²) >= 11 is 4.23. The topological polar surface area (TPSA) is 225 Å². The van der Waals surface area contributed by atoms with E-state index < -0.39 is 53.8 Å². The normalized spacial score (nSPS) is 14.0. The minimum Gasteiger partial charge on any atom is -0.480 e. The number of amides is 4. The molecular formula is C30H35N7O6S. The summed E-state index contributed by atoms with van der Waals surface area (Å²) in [5.41, 5.74) is 14.6. The zero-order chi connectivity index (χ0) is 31.8. The fourth-order valence-corrected chi connectivity index (χ4v) is 5.18.